The number of hydrogen-bond acceptors (Lipinski definition) is 2. The van der Waals surface area contributed by atoms with E-state index in [-0.39, 0.29) is 5.82 Å². The Kier molecular flexibility index (Phi) is 3.80. The van der Waals surface area contributed by atoms with Gasteiger partial charge in [-0.2, -0.15) is 5.26 Å². The molecule has 3 heteroatoms. The Morgan fingerprint density at radius 1 is 1.42 bits per heavy atom. The van der Waals surface area contributed by atoms with Crippen LogP contribution in [0.4, 0.5) is 10.1 Å². The number of rotatable bonds is 2. The minimum Gasteiger partial charge on any atom is -0.380 e. The second-order valence-corrected chi connectivity index (χ2v) is 6.44. The maximum atomic E-state index is 13.9. The normalized spacial score (nSPS) is 25.6. The molecule has 2 unspecified atom stereocenters. The van der Waals surface area contributed by atoms with Crippen LogP contribution in [0.15, 0.2) is 18.2 Å². The molecule has 0 amide bonds. The minimum atomic E-state index is -0.337. The standard InChI is InChI=1S/C16H21FN2/c1-11-9-16(2,3)7-6-14(11)19-15-5-4-12(10-18)8-13(15)17/h4-5,8,11,14,19H,6-7,9H2,1-3H3. The highest BCUT2D eigenvalue weighted by Gasteiger charge is 2.32. The number of nitriles is 1. The Morgan fingerprint density at radius 3 is 2.74 bits per heavy atom. The van der Waals surface area contributed by atoms with Gasteiger partial charge >= 0.3 is 0 Å². The van der Waals surface area contributed by atoms with E-state index in [0.717, 1.165) is 19.3 Å². The van der Waals surface area contributed by atoms with E-state index < -0.39 is 0 Å². The third kappa shape index (κ3) is 3.26. The molecule has 2 rings (SSSR count). The molecule has 1 aromatic carbocycles. The lowest BCUT2D eigenvalue weighted by Crippen LogP contribution is -2.37. The van der Waals surface area contributed by atoms with Crippen LogP contribution in [-0.4, -0.2) is 6.04 Å². The van der Waals surface area contributed by atoms with Crippen molar-refractivity contribution in [2.45, 2.75) is 46.1 Å². The lowest BCUT2D eigenvalue weighted by molar-refractivity contribution is 0.177. The maximum Gasteiger partial charge on any atom is 0.147 e. The predicted octanol–water partition coefficient (Wildman–Crippen LogP) is 4.32. The quantitative estimate of drug-likeness (QED) is 0.859. The Morgan fingerprint density at radius 2 is 2.16 bits per heavy atom. The molecular weight excluding hydrogens is 239 g/mol. The molecule has 0 heterocycles. The van der Waals surface area contributed by atoms with Crippen LogP contribution in [0.2, 0.25) is 0 Å². The highest BCUT2D eigenvalue weighted by Crippen LogP contribution is 2.39. The lowest BCUT2D eigenvalue weighted by Gasteiger charge is -2.40. The van der Waals surface area contributed by atoms with Crippen molar-refractivity contribution in [1.29, 1.82) is 5.26 Å². The molecule has 0 radical (unpaired) electrons. The van der Waals surface area contributed by atoms with Gasteiger partial charge in [-0.1, -0.05) is 20.8 Å². The zero-order valence-electron chi connectivity index (χ0n) is 11.8. The van der Waals surface area contributed by atoms with Gasteiger partial charge in [-0.15, -0.1) is 0 Å². The van der Waals surface area contributed by atoms with Gasteiger partial charge in [0.15, 0.2) is 0 Å². The second-order valence-electron chi connectivity index (χ2n) is 6.44. The first-order chi connectivity index (χ1) is 8.91. The molecule has 1 aliphatic rings. The van der Waals surface area contributed by atoms with Crippen LogP contribution < -0.4 is 5.32 Å². The van der Waals surface area contributed by atoms with E-state index in [1.54, 1.807) is 12.1 Å². The summed E-state index contributed by atoms with van der Waals surface area (Å²) in [6.45, 7) is 6.81. The fourth-order valence-corrected chi connectivity index (χ4v) is 3.06. The second kappa shape index (κ2) is 5.21. The Labute approximate surface area is 114 Å². The van der Waals surface area contributed by atoms with E-state index in [9.17, 15) is 4.39 Å². The molecule has 19 heavy (non-hydrogen) atoms. The van der Waals surface area contributed by atoms with Crippen LogP contribution in [0.5, 0.6) is 0 Å². The number of anilines is 1. The van der Waals surface area contributed by atoms with E-state index in [2.05, 4.69) is 26.1 Å². The average Bonchev–Trinajstić information content (AvgIpc) is 2.34. The Hall–Kier alpha value is -1.56. The van der Waals surface area contributed by atoms with Gasteiger partial charge in [-0.25, -0.2) is 4.39 Å². The van der Waals surface area contributed by atoms with Crippen LogP contribution >= 0.6 is 0 Å². The highest BCUT2D eigenvalue weighted by atomic mass is 19.1. The van der Waals surface area contributed by atoms with Crippen molar-refractivity contribution < 1.29 is 4.39 Å². The van der Waals surface area contributed by atoms with Crippen molar-refractivity contribution in [1.82, 2.24) is 0 Å². The Balaban J connectivity index is 2.08. The summed E-state index contributed by atoms with van der Waals surface area (Å²) in [5.41, 5.74) is 1.26. The molecular formula is C16H21FN2. The van der Waals surface area contributed by atoms with Crippen molar-refractivity contribution in [3.8, 4) is 6.07 Å². The van der Waals surface area contributed by atoms with E-state index in [4.69, 9.17) is 5.26 Å². The van der Waals surface area contributed by atoms with Crippen LogP contribution in [-0.2, 0) is 0 Å². The molecule has 0 bridgehead atoms. The summed E-state index contributed by atoms with van der Waals surface area (Å²) >= 11 is 0. The summed E-state index contributed by atoms with van der Waals surface area (Å²) in [6.07, 6.45) is 3.38. The molecule has 1 saturated carbocycles. The molecule has 102 valence electrons. The van der Waals surface area contributed by atoms with Gasteiger partial charge < -0.3 is 5.32 Å². The van der Waals surface area contributed by atoms with Gasteiger partial charge in [0.1, 0.15) is 5.82 Å². The zero-order chi connectivity index (χ0) is 14.0. The third-order valence-electron chi connectivity index (χ3n) is 4.13. The Bertz CT molecular complexity index is 502. The smallest absolute Gasteiger partial charge is 0.147 e. The van der Waals surface area contributed by atoms with Gasteiger partial charge in [0.25, 0.3) is 0 Å². The molecule has 2 atom stereocenters. The molecule has 0 aliphatic heterocycles. The van der Waals surface area contributed by atoms with Crippen LogP contribution in [0.25, 0.3) is 0 Å². The van der Waals surface area contributed by atoms with Crippen molar-refractivity contribution in [3.63, 3.8) is 0 Å². The topological polar surface area (TPSA) is 35.8 Å². The number of nitrogens with one attached hydrogen (secondary N) is 1. The van der Waals surface area contributed by atoms with Crippen LogP contribution in [0.3, 0.4) is 0 Å². The van der Waals surface area contributed by atoms with E-state index in [0.29, 0.717) is 28.6 Å². The van der Waals surface area contributed by atoms with Gasteiger partial charge in [-0.3, -0.25) is 0 Å². The first-order valence-corrected chi connectivity index (χ1v) is 6.87. The molecule has 0 spiro atoms. The summed E-state index contributed by atoms with van der Waals surface area (Å²) in [5.74, 6) is 0.190. The van der Waals surface area contributed by atoms with E-state index in [1.165, 1.54) is 6.07 Å². The number of benzene rings is 1. The lowest BCUT2D eigenvalue weighted by atomic mass is 9.70. The van der Waals surface area contributed by atoms with Gasteiger partial charge in [-0.05, 0) is 48.8 Å². The van der Waals surface area contributed by atoms with Gasteiger partial charge in [0, 0.05) is 6.04 Å². The van der Waals surface area contributed by atoms with Crippen LogP contribution in [0, 0.1) is 28.5 Å². The van der Waals surface area contributed by atoms with Gasteiger partial charge in [0.2, 0.25) is 0 Å². The predicted molar refractivity (Wildman–Crippen MR) is 75.3 cm³/mol. The number of nitrogens with zero attached hydrogens (tertiary/aromatic N) is 1. The molecule has 1 fully saturated rings. The first-order valence-electron chi connectivity index (χ1n) is 6.87. The van der Waals surface area contributed by atoms with Crippen molar-refractivity contribution in [3.05, 3.63) is 29.6 Å². The summed E-state index contributed by atoms with van der Waals surface area (Å²) in [4.78, 5) is 0. The fourth-order valence-electron chi connectivity index (χ4n) is 3.06. The zero-order valence-corrected chi connectivity index (χ0v) is 11.8. The van der Waals surface area contributed by atoms with Gasteiger partial charge in [0.05, 0.1) is 17.3 Å². The third-order valence-corrected chi connectivity index (χ3v) is 4.13. The van der Waals surface area contributed by atoms with Crippen molar-refractivity contribution >= 4 is 5.69 Å². The molecule has 1 N–H and O–H groups in total. The number of halogens is 1. The molecule has 0 aromatic heterocycles. The SMILES string of the molecule is CC1CC(C)(C)CCC1Nc1ccc(C#N)cc1F. The van der Waals surface area contributed by atoms with Crippen molar-refractivity contribution in [2.24, 2.45) is 11.3 Å². The summed E-state index contributed by atoms with van der Waals surface area (Å²) < 4.78 is 13.9. The fraction of sp³-hybridized carbons (Fsp3) is 0.562. The minimum absolute atomic E-state index is 0.315. The number of hydrogen-bond donors (Lipinski definition) is 1. The van der Waals surface area contributed by atoms with Crippen molar-refractivity contribution in [2.75, 3.05) is 5.32 Å². The molecule has 1 aliphatic carbocycles. The van der Waals surface area contributed by atoms with Crippen LogP contribution in [0.1, 0.15) is 45.6 Å². The molecule has 1 aromatic rings. The average molecular weight is 260 g/mol. The molecule has 2 nitrogen and oxygen atoms in total. The first kappa shape index (κ1) is 13.9. The largest absolute Gasteiger partial charge is 0.380 e. The summed E-state index contributed by atoms with van der Waals surface area (Å²) in [6, 6.07) is 6.88. The van der Waals surface area contributed by atoms with E-state index in [1.807, 2.05) is 6.07 Å². The summed E-state index contributed by atoms with van der Waals surface area (Å²) in [5, 5.41) is 12.0. The maximum absolute atomic E-state index is 13.9. The van der Waals surface area contributed by atoms with E-state index >= 15 is 0 Å². The highest BCUT2D eigenvalue weighted by molar-refractivity contribution is 5.49. The molecule has 0 saturated heterocycles. The monoisotopic (exact) mass is 260 g/mol. The summed E-state index contributed by atoms with van der Waals surface area (Å²) in [7, 11) is 0.